The Hall–Kier alpha value is -6.38. The summed E-state index contributed by atoms with van der Waals surface area (Å²) in [5.41, 5.74) is 12.0. The quantitative estimate of drug-likeness (QED) is 0.185. The average molecular weight is 614 g/mol. The Morgan fingerprint density at radius 2 is 0.875 bits per heavy atom. The van der Waals surface area contributed by atoms with Gasteiger partial charge < -0.3 is 9.32 Å². The molecule has 0 radical (unpaired) electrons. The second kappa shape index (κ2) is 11.8. The van der Waals surface area contributed by atoms with E-state index in [2.05, 4.69) is 187 Å². The number of benzene rings is 8. The fourth-order valence-electron chi connectivity index (χ4n) is 6.80. The first kappa shape index (κ1) is 27.9. The van der Waals surface area contributed by atoms with Crippen molar-refractivity contribution in [1.82, 2.24) is 0 Å². The number of hydrogen-bond acceptors (Lipinski definition) is 2. The smallest absolute Gasteiger partial charge is 0.159 e. The predicted molar refractivity (Wildman–Crippen MR) is 202 cm³/mol. The number of fused-ring (bicyclic) bond motifs is 4. The Labute approximate surface area is 279 Å². The van der Waals surface area contributed by atoms with Crippen molar-refractivity contribution in [1.29, 1.82) is 0 Å². The molecule has 2 nitrogen and oxygen atoms in total. The third-order valence-electron chi connectivity index (χ3n) is 9.25. The van der Waals surface area contributed by atoms with Crippen molar-refractivity contribution in [3.05, 3.63) is 188 Å². The summed E-state index contributed by atoms with van der Waals surface area (Å²) in [5.74, 6) is 0. The highest BCUT2D eigenvalue weighted by Crippen LogP contribution is 2.45. The van der Waals surface area contributed by atoms with Gasteiger partial charge in [-0.1, -0.05) is 140 Å². The van der Waals surface area contributed by atoms with Crippen molar-refractivity contribution < 1.29 is 4.42 Å². The third-order valence-corrected chi connectivity index (χ3v) is 9.25. The molecule has 226 valence electrons. The Morgan fingerprint density at radius 3 is 1.60 bits per heavy atom. The molecule has 2 heteroatoms. The normalized spacial score (nSPS) is 11.3. The fraction of sp³-hybridized carbons (Fsp3) is 0. The molecule has 48 heavy (non-hydrogen) atoms. The molecule has 0 atom stereocenters. The lowest BCUT2D eigenvalue weighted by Crippen LogP contribution is -2.10. The van der Waals surface area contributed by atoms with Gasteiger partial charge in [-0.3, -0.25) is 0 Å². The van der Waals surface area contributed by atoms with Gasteiger partial charge in [-0.2, -0.15) is 0 Å². The van der Waals surface area contributed by atoms with Gasteiger partial charge >= 0.3 is 0 Å². The molecular formula is C46H31NO. The first-order valence-electron chi connectivity index (χ1n) is 16.3. The minimum Gasteiger partial charge on any atom is -0.454 e. The standard InChI is InChI=1S/C46H31NO/c1-3-11-32(12-4-1)34-19-21-35(22-20-34)36-25-27-41(28-26-36)47(40-15-5-2-6-16-40)44-31-39(38-24-23-33-13-7-8-14-37(33)29-38)30-43-42-17-9-10-18-45(42)48-46(43)44/h1-31H. The van der Waals surface area contributed by atoms with Gasteiger partial charge in [-0.25, -0.2) is 0 Å². The van der Waals surface area contributed by atoms with Gasteiger partial charge in [-0.15, -0.1) is 0 Å². The van der Waals surface area contributed by atoms with Crippen molar-refractivity contribution in [2.75, 3.05) is 4.90 Å². The highest BCUT2D eigenvalue weighted by atomic mass is 16.3. The molecule has 0 aliphatic rings. The Morgan fingerprint density at radius 1 is 0.333 bits per heavy atom. The van der Waals surface area contributed by atoms with E-state index in [1.54, 1.807) is 0 Å². The number of furan rings is 1. The van der Waals surface area contributed by atoms with Gasteiger partial charge in [0.05, 0.1) is 5.69 Å². The maximum atomic E-state index is 6.67. The summed E-state index contributed by atoms with van der Waals surface area (Å²) in [7, 11) is 0. The number of anilines is 3. The lowest BCUT2D eigenvalue weighted by Gasteiger charge is -2.26. The molecule has 0 saturated heterocycles. The number of nitrogens with zero attached hydrogens (tertiary/aromatic N) is 1. The predicted octanol–water partition coefficient (Wildman–Crippen LogP) is 13.2. The van der Waals surface area contributed by atoms with Crippen molar-refractivity contribution in [2.45, 2.75) is 0 Å². The van der Waals surface area contributed by atoms with E-state index < -0.39 is 0 Å². The average Bonchev–Trinajstić information content (AvgIpc) is 3.55. The molecule has 0 amide bonds. The van der Waals surface area contributed by atoms with E-state index in [9.17, 15) is 0 Å². The molecule has 0 aliphatic heterocycles. The van der Waals surface area contributed by atoms with Crippen molar-refractivity contribution in [2.24, 2.45) is 0 Å². The summed E-state index contributed by atoms with van der Waals surface area (Å²) >= 11 is 0. The van der Waals surface area contributed by atoms with E-state index in [1.165, 1.54) is 38.6 Å². The van der Waals surface area contributed by atoms with Gasteiger partial charge in [0, 0.05) is 22.1 Å². The zero-order valence-corrected chi connectivity index (χ0v) is 26.3. The van der Waals surface area contributed by atoms with Gasteiger partial charge in [0.2, 0.25) is 0 Å². The van der Waals surface area contributed by atoms with Crippen LogP contribution in [0.4, 0.5) is 17.1 Å². The molecular weight excluding hydrogens is 583 g/mol. The number of rotatable bonds is 6. The van der Waals surface area contributed by atoms with Crippen LogP contribution in [0.15, 0.2) is 192 Å². The summed E-state index contributed by atoms with van der Waals surface area (Å²) in [6, 6.07) is 66.9. The zero-order chi connectivity index (χ0) is 31.9. The molecule has 0 bridgehead atoms. The minimum absolute atomic E-state index is 0.866. The van der Waals surface area contributed by atoms with Gasteiger partial charge in [0.25, 0.3) is 0 Å². The first-order chi connectivity index (χ1) is 23.8. The molecule has 0 N–H and O–H groups in total. The third kappa shape index (κ3) is 5.01. The van der Waals surface area contributed by atoms with Crippen LogP contribution in [0.3, 0.4) is 0 Å². The molecule has 8 aromatic carbocycles. The lowest BCUT2D eigenvalue weighted by molar-refractivity contribution is 0.669. The van der Waals surface area contributed by atoms with E-state index in [0.717, 1.165) is 44.6 Å². The SMILES string of the molecule is c1ccc(-c2ccc(-c3ccc(N(c4ccccc4)c4cc(-c5ccc6ccccc6c5)cc5c4oc4ccccc45)cc3)cc2)cc1. The molecule has 1 heterocycles. The van der Waals surface area contributed by atoms with E-state index in [1.807, 2.05) is 6.07 Å². The lowest BCUT2D eigenvalue weighted by atomic mass is 9.98. The van der Waals surface area contributed by atoms with Crippen LogP contribution in [0.2, 0.25) is 0 Å². The number of hydrogen-bond donors (Lipinski definition) is 0. The first-order valence-corrected chi connectivity index (χ1v) is 16.3. The summed E-state index contributed by atoms with van der Waals surface area (Å²) in [4.78, 5) is 2.32. The second-order valence-corrected chi connectivity index (χ2v) is 12.2. The van der Waals surface area contributed by atoms with E-state index in [4.69, 9.17) is 4.42 Å². The topological polar surface area (TPSA) is 16.4 Å². The maximum absolute atomic E-state index is 6.67. The maximum Gasteiger partial charge on any atom is 0.159 e. The van der Waals surface area contributed by atoms with Crippen LogP contribution in [0.25, 0.3) is 66.1 Å². The molecule has 0 aliphatic carbocycles. The molecule has 0 unspecified atom stereocenters. The summed E-state index contributed by atoms with van der Waals surface area (Å²) in [6.07, 6.45) is 0. The summed E-state index contributed by atoms with van der Waals surface area (Å²) in [6.45, 7) is 0. The van der Waals surface area contributed by atoms with Crippen molar-refractivity contribution in [3.63, 3.8) is 0 Å². The van der Waals surface area contributed by atoms with Crippen molar-refractivity contribution in [3.8, 4) is 33.4 Å². The second-order valence-electron chi connectivity index (χ2n) is 12.2. The Kier molecular flexibility index (Phi) is 6.84. The van der Waals surface area contributed by atoms with Gasteiger partial charge in [0.15, 0.2) is 5.58 Å². The zero-order valence-electron chi connectivity index (χ0n) is 26.3. The van der Waals surface area contributed by atoms with Crippen LogP contribution in [0.1, 0.15) is 0 Å². The fourth-order valence-corrected chi connectivity index (χ4v) is 6.80. The van der Waals surface area contributed by atoms with Crippen molar-refractivity contribution >= 4 is 49.8 Å². The molecule has 0 fully saturated rings. The van der Waals surface area contributed by atoms with E-state index >= 15 is 0 Å². The minimum atomic E-state index is 0.866. The van der Waals surface area contributed by atoms with Gasteiger partial charge in [-0.05, 0) is 92.7 Å². The van der Waals surface area contributed by atoms with Crippen LogP contribution in [0.5, 0.6) is 0 Å². The molecule has 0 saturated carbocycles. The summed E-state index contributed by atoms with van der Waals surface area (Å²) in [5, 5.41) is 4.67. The molecule has 9 rings (SSSR count). The van der Waals surface area contributed by atoms with Crippen LogP contribution >= 0.6 is 0 Å². The highest BCUT2D eigenvalue weighted by molar-refractivity contribution is 6.12. The van der Waals surface area contributed by atoms with Crippen LogP contribution < -0.4 is 4.90 Å². The summed E-state index contributed by atoms with van der Waals surface area (Å²) < 4.78 is 6.67. The van der Waals surface area contributed by atoms with Crippen LogP contribution in [-0.2, 0) is 0 Å². The number of para-hydroxylation sites is 2. The molecule has 9 aromatic rings. The van der Waals surface area contributed by atoms with Gasteiger partial charge in [0.1, 0.15) is 5.58 Å². The Bertz CT molecular complexity index is 2530. The largest absolute Gasteiger partial charge is 0.454 e. The van der Waals surface area contributed by atoms with E-state index in [-0.39, 0.29) is 0 Å². The monoisotopic (exact) mass is 613 g/mol. The van der Waals surface area contributed by atoms with E-state index in [0.29, 0.717) is 0 Å². The molecule has 1 aromatic heterocycles. The Balaban J connectivity index is 1.19. The highest BCUT2D eigenvalue weighted by Gasteiger charge is 2.21. The van der Waals surface area contributed by atoms with Crippen LogP contribution in [-0.4, -0.2) is 0 Å². The molecule has 0 spiro atoms. The van der Waals surface area contributed by atoms with Crippen LogP contribution in [0, 0.1) is 0 Å².